The number of halogens is 1. The first-order valence-corrected chi connectivity index (χ1v) is 14.5. The molecule has 0 heterocycles. The second kappa shape index (κ2) is 13.0. The summed E-state index contributed by atoms with van der Waals surface area (Å²) in [5.74, 6) is -2.57. The lowest BCUT2D eigenvalue weighted by Crippen LogP contribution is -2.52. The topological polar surface area (TPSA) is 142 Å². The van der Waals surface area contributed by atoms with Gasteiger partial charge in [0.05, 0.1) is 10.6 Å². The van der Waals surface area contributed by atoms with Crippen molar-refractivity contribution in [1.82, 2.24) is 5.32 Å². The van der Waals surface area contributed by atoms with Gasteiger partial charge in [-0.2, -0.15) is 0 Å². The number of hydrogen-bond acceptors (Lipinski definition) is 6. The molecule has 0 aromatic heterocycles. The molecule has 218 valence electrons. The SMILES string of the molecule is CC(C)C(C(=O)O)N(c1cccc(Cl)c1)S(=O)(=O)c1cccc(NC(=O)C(C)(C)NC(=O)OCc2ccccc2)c1. The Bertz CT molecular complexity index is 1510. The van der Waals surface area contributed by atoms with Gasteiger partial charge in [-0.05, 0) is 61.7 Å². The summed E-state index contributed by atoms with van der Waals surface area (Å²) in [4.78, 5) is 37.3. The van der Waals surface area contributed by atoms with Gasteiger partial charge in [-0.15, -0.1) is 0 Å². The van der Waals surface area contributed by atoms with Crippen LogP contribution in [0.3, 0.4) is 0 Å². The highest BCUT2D eigenvalue weighted by Gasteiger charge is 2.38. The number of ether oxygens (including phenoxy) is 1. The van der Waals surface area contributed by atoms with Crippen LogP contribution in [-0.2, 0) is 31.0 Å². The van der Waals surface area contributed by atoms with Crippen LogP contribution >= 0.6 is 11.6 Å². The van der Waals surface area contributed by atoms with Crippen molar-refractivity contribution in [2.24, 2.45) is 5.92 Å². The molecule has 0 bridgehead atoms. The van der Waals surface area contributed by atoms with Gasteiger partial charge in [-0.25, -0.2) is 18.0 Å². The number of aliphatic carboxylic acids is 1. The summed E-state index contributed by atoms with van der Waals surface area (Å²) in [6.45, 7) is 6.15. The molecule has 0 aliphatic rings. The minimum Gasteiger partial charge on any atom is -0.480 e. The molecule has 3 rings (SSSR count). The predicted octanol–water partition coefficient (Wildman–Crippen LogP) is 5.29. The molecule has 0 aliphatic heterocycles. The fraction of sp³-hybridized carbons (Fsp3) is 0.276. The quantitative estimate of drug-likeness (QED) is 0.271. The molecule has 3 aromatic carbocycles. The molecule has 2 amide bonds. The van der Waals surface area contributed by atoms with Crippen molar-refractivity contribution in [1.29, 1.82) is 0 Å². The number of rotatable bonds is 11. The van der Waals surface area contributed by atoms with E-state index in [0.29, 0.717) is 0 Å². The number of carboxylic acid groups (broad SMARTS) is 1. The number of carbonyl (C=O) groups is 3. The summed E-state index contributed by atoms with van der Waals surface area (Å²) >= 11 is 6.11. The molecule has 3 N–H and O–H groups in total. The summed E-state index contributed by atoms with van der Waals surface area (Å²) in [5.41, 5.74) is -0.461. The standard InChI is InChI=1S/C29H32ClN3O7S/c1-19(2)25(26(34)35)33(23-14-8-12-21(30)16-23)41(38,39)24-15-9-13-22(17-24)31-27(36)29(3,4)32-28(37)40-18-20-10-6-5-7-11-20/h5-17,19,25H,18H2,1-4H3,(H,31,36)(H,32,37)(H,34,35). The second-order valence-corrected chi connectivity index (χ2v) is 12.4. The van der Waals surface area contributed by atoms with Gasteiger partial charge in [-0.3, -0.25) is 9.10 Å². The average molecular weight is 602 g/mol. The Morgan fingerprint density at radius 3 is 2.24 bits per heavy atom. The molecular formula is C29H32ClN3O7S. The number of nitrogens with one attached hydrogen (secondary N) is 2. The van der Waals surface area contributed by atoms with Gasteiger partial charge in [0.25, 0.3) is 10.0 Å². The van der Waals surface area contributed by atoms with Crippen LogP contribution in [0.2, 0.25) is 5.02 Å². The third kappa shape index (κ3) is 7.99. The highest BCUT2D eigenvalue weighted by atomic mass is 35.5. The maximum atomic E-state index is 13.9. The number of benzene rings is 3. The Balaban J connectivity index is 1.84. The van der Waals surface area contributed by atoms with Gasteiger partial charge in [0.2, 0.25) is 5.91 Å². The number of sulfonamides is 1. The lowest BCUT2D eigenvalue weighted by molar-refractivity contribution is -0.139. The van der Waals surface area contributed by atoms with E-state index < -0.39 is 45.5 Å². The van der Waals surface area contributed by atoms with Crippen LogP contribution in [0.5, 0.6) is 0 Å². The first kappa shape index (κ1) is 31.4. The molecule has 0 radical (unpaired) electrons. The molecule has 0 saturated heterocycles. The molecule has 1 unspecified atom stereocenters. The van der Waals surface area contributed by atoms with Crippen molar-refractivity contribution in [3.8, 4) is 0 Å². The van der Waals surface area contributed by atoms with Crippen LogP contribution in [0, 0.1) is 5.92 Å². The molecule has 3 aromatic rings. The number of alkyl carbamates (subject to hydrolysis) is 1. The Labute approximate surface area is 244 Å². The zero-order chi connectivity index (χ0) is 30.4. The van der Waals surface area contributed by atoms with Gasteiger partial charge in [0.1, 0.15) is 18.2 Å². The largest absolute Gasteiger partial charge is 0.480 e. The molecule has 10 nitrogen and oxygen atoms in total. The maximum Gasteiger partial charge on any atom is 0.408 e. The molecule has 41 heavy (non-hydrogen) atoms. The third-order valence-corrected chi connectivity index (χ3v) is 8.08. The van der Waals surface area contributed by atoms with E-state index in [1.165, 1.54) is 56.3 Å². The van der Waals surface area contributed by atoms with E-state index in [1.54, 1.807) is 44.2 Å². The van der Waals surface area contributed by atoms with E-state index in [2.05, 4.69) is 10.6 Å². The number of anilines is 2. The number of nitrogens with zero attached hydrogens (tertiary/aromatic N) is 1. The highest BCUT2D eigenvalue weighted by molar-refractivity contribution is 7.93. The van der Waals surface area contributed by atoms with E-state index >= 15 is 0 Å². The van der Waals surface area contributed by atoms with Crippen LogP contribution in [0.25, 0.3) is 0 Å². The number of carbonyl (C=O) groups excluding carboxylic acids is 2. The van der Waals surface area contributed by atoms with Crippen LogP contribution in [0.4, 0.5) is 16.2 Å². The van der Waals surface area contributed by atoms with E-state index in [1.807, 2.05) is 6.07 Å². The van der Waals surface area contributed by atoms with Gasteiger partial charge in [0, 0.05) is 10.7 Å². The molecule has 12 heteroatoms. The Morgan fingerprint density at radius 2 is 1.63 bits per heavy atom. The summed E-state index contributed by atoms with van der Waals surface area (Å²) < 4.78 is 33.8. The Morgan fingerprint density at radius 1 is 0.976 bits per heavy atom. The van der Waals surface area contributed by atoms with Crippen LogP contribution < -0.4 is 14.9 Å². The Hall–Kier alpha value is -4.09. The summed E-state index contributed by atoms with van der Waals surface area (Å²) in [6, 6.07) is 18.9. The monoisotopic (exact) mass is 601 g/mol. The van der Waals surface area contributed by atoms with E-state index in [0.717, 1.165) is 9.87 Å². The summed E-state index contributed by atoms with van der Waals surface area (Å²) in [5, 5.41) is 15.3. The fourth-order valence-electron chi connectivity index (χ4n) is 3.92. The van der Waals surface area contributed by atoms with Crippen LogP contribution in [0.15, 0.2) is 83.8 Å². The Kier molecular flexibility index (Phi) is 10.0. The van der Waals surface area contributed by atoms with Gasteiger partial charge in [-0.1, -0.05) is 67.9 Å². The van der Waals surface area contributed by atoms with E-state index in [-0.39, 0.29) is 27.9 Å². The van der Waals surface area contributed by atoms with Gasteiger partial charge < -0.3 is 20.5 Å². The van der Waals surface area contributed by atoms with Crippen molar-refractivity contribution in [3.63, 3.8) is 0 Å². The minimum atomic E-state index is -4.45. The van der Waals surface area contributed by atoms with Crippen molar-refractivity contribution in [3.05, 3.63) is 89.4 Å². The van der Waals surface area contributed by atoms with E-state index in [4.69, 9.17) is 16.3 Å². The molecule has 0 fully saturated rings. The lowest BCUT2D eigenvalue weighted by atomic mass is 10.0. The van der Waals surface area contributed by atoms with Crippen molar-refractivity contribution in [2.75, 3.05) is 9.62 Å². The van der Waals surface area contributed by atoms with Gasteiger partial charge >= 0.3 is 12.1 Å². The van der Waals surface area contributed by atoms with Crippen molar-refractivity contribution < 1.29 is 32.6 Å². The second-order valence-electron chi connectivity index (χ2n) is 10.1. The number of amides is 2. The number of hydrogen-bond donors (Lipinski definition) is 3. The van der Waals surface area contributed by atoms with Crippen molar-refractivity contribution in [2.45, 2.75) is 50.8 Å². The summed E-state index contributed by atoms with van der Waals surface area (Å²) in [7, 11) is -4.45. The number of carboxylic acids is 1. The molecule has 0 saturated carbocycles. The highest BCUT2D eigenvalue weighted by Crippen LogP contribution is 2.32. The predicted molar refractivity (Wildman–Crippen MR) is 156 cm³/mol. The van der Waals surface area contributed by atoms with E-state index in [9.17, 15) is 27.9 Å². The van der Waals surface area contributed by atoms with Crippen molar-refractivity contribution >= 4 is 51.0 Å². The third-order valence-electron chi connectivity index (χ3n) is 6.04. The molecule has 0 aliphatic carbocycles. The average Bonchev–Trinajstić information content (AvgIpc) is 2.90. The van der Waals surface area contributed by atoms with Crippen LogP contribution in [0.1, 0.15) is 33.3 Å². The van der Waals surface area contributed by atoms with Gasteiger partial charge in [0.15, 0.2) is 0 Å². The first-order valence-electron chi connectivity index (χ1n) is 12.7. The normalized spacial score (nSPS) is 12.3. The van der Waals surface area contributed by atoms with Crippen LogP contribution in [-0.4, -0.2) is 43.1 Å². The smallest absolute Gasteiger partial charge is 0.408 e. The molecule has 1 atom stereocenters. The molecular weight excluding hydrogens is 570 g/mol. The fourth-order valence-corrected chi connectivity index (χ4v) is 5.89. The zero-order valence-corrected chi connectivity index (χ0v) is 24.6. The summed E-state index contributed by atoms with van der Waals surface area (Å²) in [6.07, 6.45) is -0.809. The minimum absolute atomic E-state index is 0.0150. The zero-order valence-electron chi connectivity index (χ0n) is 23.0. The first-order chi connectivity index (χ1) is 19.2. The molecule has 0 spiro atoms. The lowest BCUT2D eigenvalue weighted by Gasteiger charge is -2.32. The maximum absolute atomic E-state index is 13.9.